The fourth-order valence-electron chi connectivity index (χ4n) is 1.50. The van der Waals surface area contributed by atoms with Crippen molar-refractivity contribution in [1.82, 2.24) is 0 Å². The number of hydrogen-bond acceptors (Lipinski definition) is 4. The number of halogens is 1. The fraction of sp³-hybridized carbons (Fsp3) is 0. The van der Waals surface area contributed by atoms with E-state index in [1.54, 1.807) is 0 Å². The van der Waals surface area contributed by atoms with Crippen LogP contribution in [-0.4, -0.2) is 16.0 Å². The van der Waals surface area contributed by atoms with E-state index in [9.17, 15) is 14.9 Å². The summed E-state index contributed by atoms with van der Waals surface area (Å²) in [4.78, 5) is 20.9. The average Bonchev–Trinajstić information content (AvgIpc) is 2.41. The van der Waals surface area contributed by atoms with Gasteiger partial charge in [0.2, 0.25) is 0 Å². The van der Waals surface area contributed by atoms with Crippen LogP contribution in [0, 0.1) is 10.1 Å². The molecule has 2 rings (SSSR count). The van der Waals surface area contributed by atoms with E-state index in [0.29, 0.717) is 0 Å². The van der Waals surface area contributed by atoms with Crippen molar-refractivity contribution in [2.45, 2.75) is 0 Å². The second-order valence-corrected chi connectivity index (χ2v) is 4.21. The van der Waals surface area contributed by atoms with E-state index >= 15 is 0 Å². The third-order valence-electron chi connectivity index (χ3n) is 2.44. The third-order valence-corrected chi connectivity index (χ3v) is 2.73. The van der Waals surface area contributed by atoms with Crippen LogP contribution in [0.4, 0.5) is 5.69 Å². The van der Waals surface area contributed by atoms with Gasteiger partial charge in [0.05, 0.1) is 21.6 Å². The van der Waals surface area contributed by atoms with Gasteiger partial charge in [-0.25, -0.2) is 4.79 Å². The van der Waals surface area contributed by atoms with Gasteiger partial charge in [0.15, 0.2) is 0 Å². The minimum absolute atomic E-state index is 0.0291. The molecule has 0 radical (unpaired) electrons. The van der Waals surface area contributed by atoms with Gasteiger partial charge in [0, 0.05) is 6.07 Å². The molecule has 0 saturated carbocycles. The van der Waals surface area contributed by atoms with Crippen molar-refractivity contribution in [2.24, 2.45) is 0 Å². The zero-order valence-corrected chi connectivity index (χ0v) is 10.7. The number of non-ortho nitro benzene ring substituents is 1. The second kappa shape index (κ2) is 5.58. The lowest BCUT2D eigenvalue weighted by atomic mass is 10.2. The van der Waals surface area contributed by atoms with Crippen molar-refractivity contribution in [3.05, 3.63) is 63.2 Å². The van der Waals surface area contributed by atoms with E-state index < -0.39 is 10.9 Å². The van der Waals surface area contributed by atoms with Crippen molar-refractivity contribution in [1.29, 1.82) is 0 Å². The molecule has 20 heavy (non-hydrogen) atoms. The molecule has 0 aliphatic heterocycles. The first kappa shape index (κ1) is 13.8. The Hall–Kier alpha value is -2.60. The molecule has 0 aliphatic rings. The Labute approximate surface area is 118 Å². The predicted molar refractivity (Wildman–Crippen MR) is 71.6 cm³/mol. The summed E-state index contributed by atoms with van der Waals surface area (Å²) >= 11 is 5.90. The van der Waals surface area contributed by atoms with E-state index in [-0.39, 0.29) is 27.8 Å². The molecule has 0 fully saturated rings. The number of ether oxygens (including phenoxy) is 1. The van der Waals surface area contributed by atoms with Crippen LogP contribution in [0.2, 0.25) is 5.02 Å². The zero-order chi connectivity index (χ0) is 14.7. The summed E-state index contributed by atoms with van der Waals surface area (Å²) in [6.45, 7) is 0. The van der Waals surface area contributed by atoms with E-state index in [2.05, 4.69) is 0 Å². The summed E-state index contributed by atoms with van der Waals surface area (Å²) in [6, 6.07) is 9.58. The van der Waals surface area contributed by atoms with Crippen molar-refractivity contribution in [3.63, 3.8) is 0 Å². The Morgan fingerprint density at radius 2 is 2.00 bits per heavy atom. The first-order valence-corrected chi connectivity index (χ1v) is 5.80. The second-order valence-electron chi connectivity index (χ2n) is 3.81. The summed E-state index contributed by atoms with van der Waals surface area (Å²) in [5, 5.41) is 19.6. The van der Waals surface area contributed by atoms with Gasteiger partial charge < -0.3 is 9.84 Å². The number of aromatic carboxylic acids is 1. The van der Waals surface area contributed by atoms with Crippen LogP contribution in [0.15, 0.2) is 42.5 Å². The fourth-order valence-corrected chi connectivity index (χ4v) is 1.72. The first-order valence-electron chi connectivity index (χ1n) is 5.42. The highest BCUT2D eigenvalue weighted by molar-refractivity contribution is 6.32. The molecule has 0 unspecified atom stereocenters. The number of benzene rings is 2. The van der Waals surface area contributed by atoms with E-state index in [1.165, 1.54) is 42.5 Å². The number of nitro benzene ring substituents is 1. The summed E-state index contributed by atoms with van der Waals surface area (Å²) < 4.78 is 5.41. The van der Waals surface area contributed by atoms with Gasteiger partial charge in [0.1, 0.15) is 11.5 Å². The van der Waals surface area contributed by atoms with E-state index in [4.69, 9.17) is 21.4 Å². The van der Waals surface area contributed by atoms with Crippen molar-refractivity contribution < 1.29 is 19.6 Å². The highest BCUT2D eigenvalue weighted by atomic mass is 35.5. The average molecular weight is 294 g/mol. The molecule has 0 atom stereocenters. The molecule has 1 N–H and O–H groups in total. The molecule has 0 aromatic heterocycles. The quantitative estimate of drug-likeness (QED) is 0.685. The molecule has 6 nitrogen and oxygen atoms in total. The van der Waals surface area contributed by atoms with E-state index in [1.807, 2.05) is 0 Å². The molecule has 0 spiro atoms. The minimum Gasteiger partial charge on any atom is -0.478 e. The molecular formula is C13H8ClNO5. The number of carbonyl (C=O) groups is 1. The lowest BCUT2D eigenvalue weighted by molar-refractivity contribution is -0.384. The highest BCUT2D eigenvalue weighted by Crippen LogP contribution is 2.31. The molecule has 2 aromatic rings. The maximum atomic E-state index is 10.8. The Kier molecular flexibility index (Phi) is 3.86. The van der Waals surface area contributed by atoms with Crippen LogP contribution < -0.4 is 4.74 Å². The number of hydrogen-bond donors (Lipinski definition) is 1. The smallest absolute Gasteiger partial charge is 0.335 e. The molecule has 7 heteroatoms. The topological polar surface area (TPSA) is 89.7 Å². The van der Waals surface area contributed by atoms with Crippen LogP contribution in [0.1, 0.15) is 10.4 Å². The highest BCUT2D eigenvalue weighted by Gasteiger charge is 2.11. The third kappa shape index (κ3) is 3.04. The van der Waals surface area contributed by atoms with Gasteiger partial charge in [-0.1, -0.05) is 17.7 Å². The molecule has 0 heterocycles. The Balaban J connectivity index is 2.28. The van der Waals surface area contributed by atoms with Crippen LogP contribution >= 0.6 is 11.6 Å². The van der Waals surface area contributed by atoms with Crippen molar-refractivity contribution in [2.75, 3.05) is 0 Å². The largest absolute Gasteiger partial charge is 0.478 e. The normalized spacial score (nSPS) is 10.1. The van der Waals surface area contributed by atoms with Gasteiger partial charge in [-0.2, -0.15) is 0 Å². The Bertz CT molecular complexity index is 686. The summed E-state index contributed by atoms with van der Waals surface area (Å²) in [7, 11) is 0. The SMILES string of the molecule is O=C(O)c1ccc(Oc2cccc([N+](=O)[O-])c2)c(Cl)c1. The molecule has 102 valence electrons. The molecule has 0 aliphatic carbocycles. The van der Waals surface area contributed by atoms with Crippen molar-refractivity contribution >= 4 is 23.3 Å². The maximum Gasteiger partial charge on any atom is 0.335 e. The number of carboxylic acid groups (broad SMARTS) is 1. The van der Waals surface area contributed by atoms with Crippen LogP contribution in [0.5, 0.6) is 11.5 Å². The predicted octanol–water partition coefficient (Wildman–Crippen LogP) is 3.74. The van der Waals surface area contributed by atoms with Gasteiger partial charge in [-0.3, -0.25) is 10.1 Å². The standard InChI is InChI=1S/C13H8ClNO5/c14-11-6-8(13(16)17)4-5-12(11)20-10-3-1-2-9(7-10)15(18)19/h1-7H,(H,16,17). The van der Waals surface area contributed by atoms with Gasteiger partial charge in [-0.05, 0) is 24.3 Å². The number of carboxylic acids is 1. The monoisotopic (exact) mass is 293 g/mol. The minimum atomic E-state index is -1.10. The summed E-state index contributed by atoms with van der Waals surface area (Å²) in [6.07, 6.45) is 0. The van der Waals surface area contributed by atoms with Crippen LogP contribution in [-0.2, 0) is 0 Å². The molecular weight excluding hydrogens is 286 g/mol. The summed E-state index contributed by atoms with van der Waals surface area (Å²) in [5.41, 5.74) is -0.0813. The van der Waals surface area contributed by atoms with Crippen LogP contribution in [0.25, 0.3) is 0 Å². The molecule has 0 saturated heterocycles. The Morgan fingerprint density at radius 1 is 1.25 bits per heavy atom. The van der Waals surface area contributed by atoms with Gasteiger partial charge in [-0.15, -0.1) is 0 Å². The van der Waals surface area contributed by atoms with Crippen LogP contribution in [0.3, 0.4) is 0 Å². The Morgan fingerprint density at radius 3 is 2.60 bits per heavy atom. The molecule has 2 aromatic carbocycles. The number of nitrogens with zero attached hydrogens (tertiary/aromatic N) is 1. The van der Waals surface area contributed by atoms with Gasteiger partial charge in [0.25, 0.3) is 5.69 Å². The number of rotatable bonds is 4. The zero-order valence-electron chi connectivity index (χ0n) is 9.95. The molecule has 0 bridgehead atoms. The number of nitro groups is 1. The first-order chi connectivity index (χ1) is 9.47. The van der Waals surface area contributed by atoms with Gasteiger partial charge >= 0.3 is 5.97 Å². The maximum absolute atomic E-state index is 10.8. The van der Waals surface area contributed by atoms with Crippen molar-refractivity contribution in [3.8, 4) is 11.5 Å². The van der Waals surface area contributed by atoms with E-state index in [0.717, 1.165) is 0 Å². The molecule has 0 amide bonds. The lowest BCUT2D eigenvalue weighted by Gasteiger charge is -2.07. The lowest BCUT2D eigenvalue weighted by Crippen LogP contribution is -1.96. The summed E-state index contributed by atoms with van der Waals surface area (Å²) in [5.74, 6) is -0.643.